The van der Waals surface area contributed by atoms with Gasteiger partial charge in [0.2, 0.25) is 0 Å². The molecule has 2 saturated heterocycles. The molecular formula is C38H50N8O3. The van der Waals surface area contributed by atoms with Gasteiger partial charge in [-0.2, -0.15) is 5.10 Å². The third-order valence-corrected chi connectivity index (χ3v) is 10.3. The summed E-state index contributed by atoms with van der Waals surface area (Å²) < 4.78 is 13.7. The Kier molecular flexibility index (Phi) is 9.73. The average molecular weight is 667 g/mol. The molecule has 2 aliphatic heterocycles. The van der Waals surface area contributed by atoms with E-state index in [0.717, 1.165) is 98.1 Å². The highest BCUT2D eigenvalue weighted by molar-refractivity contribution is 5.98. The first-order valence-electron chi connectivity index (χ1n) is 18.0. The standard InChI is InChI=1S/C38H50N8O3/c1-38(2,3)49-37(47)45-23-21-43(22-24-45)25-27-17-19-44(20-18-27)29-11-13-30(14-12-29)46-36-33(35(39)40-26-41-36)34(42-46)28-9-15-32(16-10-28)48-31-7-5-4-6-8-31/h4-10,15-16,26-27,29-30H,11-14,17-25H2,1-3H3,(H2,39,40,41). The second-order valence-corrected chi connectivity index (χ2v) is 14.9. The third-order valence-electron chi connectivity index (χ3n) is 10.3. The van der Waals surface area contributed by atoms with Crippen LogP contribution in [0.15, 0.2) is 60.9 Å². The summed E-state index contributed by atoms with van der Waals surface area (Å²) >= 11 is 0. The number of likely N-dealkylation sites (tertiary alicyclic amines) is 1. The molecule has 4 aromatic rings. The molecule has 11 nitrogen and oxygen atoms in total. The van der Waals surface area contributed by atoms with Crippen LogP contribution >= 0.6 is 0 Å². The molecule has 0 spiro atoms. The zero-order valence-electron chi connectivity index (χ0n) is 29.1. The number of anilines is 1. The Hall–Kier alpha value is -4.22. The Morgan fingerprint density at radius 3 is 2.14 bits per heavy atom. The van der Waals surface area contributed by atoms with E-state index in [1.54, 1.807) is 6.33 Å². The molecule has 0 atom stereocenters. The lowest BCUT2D eigenvalue weighted by Crippen LogP contribution is -2.52. The largest absolute Gasteiger partial charge is 0.457 e. The van der Waals surface area contributed by atoms with E-state index in [1.807, 2.05) is 80.3 Å². The third kappa shape index (κ3) is 7.83. The van der Waals surface area contributed by atoms with Crippen molar-refractivity contribution in [3.8, 4) is 22.8 Å². The molecule has 11 heteroatoms. The Morgan fingerprint density at radius 2 is 1.47 bits per heavy atom. The van der Waals surface area contributed by atoms with Crippen LogP contribution in [0.4, 0.5) is 10.6 Å². The van der Waals surface area contributed by atoms with Crippen molar-refractivity contribution in [1.82, 2.24) is 34.4 Å². The van der Waals surface area contributed by atoms with Gasteiger partial charge in [0.1, 0.15) is 34.9 Å². The van der Waals surface area contributed by atoms with Crippen LogP contribution in [0.25, 0.3) is 22.3 Å². The van der Waals surface area contributed by atoms with Crippen molar-refractivity contribution in [2.45, 2.75) is 77.0 Å². The van der Waals surface area contributed by atoms with Gasteiger partial charge in [-0.15, -0.1) is 0 Å². The van der Waals surface area contributed by atoms with E-state index in [4.69, 9.17) is 20.3 Å². The minimum absolute atomic E-state index is 0.186. The normalized spacial score (nSPS) is 21.6. The number of hydrogen-bond donors (Lipinski definition) is 1. The van der Waals surface area contributed by atoms with Gasteiger partial charge < -0.3 is 25.0 Å². The molecule has 3 aliphatic rings. The van der Waals surface area contributed by atoms with Gasteiger partial charge in [0.15, 0.2) is 5.65 Å². The quantitative estimate of drug-likeness (QED) is 0.233. The van der Waals surface area contributed by atoms with Crippen molar-refractivity contribution in [2.24, 2.45) is 5.92 Å². The van der Waals surface area contributed by atoms with Crippen molar-refractivity contribution >= 4 is 22.9 Å². The van der Waals surface area contributed by atoms with Gasteiger partial charge in [-0.05, 0) is 115 Å². The summed E-state index contributed by atoms with van der Waals surface area (Å²) in [4.78, 5) is 28.6. The molecule has 1 aliphatic carbocycles. The van der Waals surface area contributed by atoms with E-state index < -0.39 is 5.60 Å². The molecule has 0 bridgehead atoms. The number of fused-ring (bicyclic) bond motifs is 1. The summed E-state index contributed by atoms with van der Waals surface area (Å²) in [6, 6.07) is 18.7. The predicted octanol–water partition coefficient (Wildman–Crippen LogP) is 6.62. The molecule has 7 rings (SSSR count). The van der Waals surface area contributed by atoms with Crippen LogP contribution < -0.4 is 10.5 Å². The van der Waals surface area contributed by atoms with Gasteiger partial charge in [0.25, 0.3) is 0 Å². The van der Waals surface area contributed by atoms with Crippen molar-refractivity contribution in [2.75, 3.05) is 51.5 Å². The Labute approximate surface area is 289 Å². The minimum atomic E-state index is -0.449. The number of para-hydroxylation sites is 1. The SMILES string of the molecule is CC(C)(C)OC(=O)N1CCN(CC2CCN(C3CCC(n4nc(-c5ccc(Oc6ccccc6)cc5)c5c(N)ncnc54)CC3)CC2)CC1. The first-order valence-corrected chi connectivity index (χ1v) is 18.0. The lowest BCUT2D eigenvalue weighted by atomic mass is 9.87. The zero-order chi connectivity index (χ0) is 34.0. The van der Waals surface area contributed by atoms with Crippen LogP contribution in [-0.4, -0.2) is 98.0 Å². The number of amides is 1. The van der Waals surface area contributed by atoms with Crippen LogP contribution in [-0.2, 0) is 4.74 Å². The summed E-state index contributed by atoms with van der Waals surface area (Å²) in [5.74, 6) is 2.74. The maximum Gasteiger partial charge on any atom is 0.410 e. The molecule has 1 saturated carbocycles. The highest BCUT2D eigenvalue weighted by Gasteiger charge is 2.33. The number of rotatable bonds is 7. The summed E-state index contributed by atoms with van der Waals surface area (Å²) in [6.45, 7) is 12.6. The van der Waals surface area contributed by atoms with Crippen LogP contribution in [0.2, 0.25) is 0 Å². The minimum Gasteiger partial charge on any atom is -0.457 e. The smallest absolute Gasteiger partial charge is 0.410 e. The number of aromatic nitrogens is 4. The second kappa shape index (κ2) is 14.3. The first-order chi connectivity index (χ1) is 23.7. The fourth-order valence-corrected chi connectivity index (χ4v) is 7.73. The molecule has 260 valence electrons. The molecule has 49 heavy (non-hydrogen) atoms. The second-order valence-electron chi connectivity index (χ2n) is 14.9. The van der Waals surface area contributed by atoms with E-state index in [1.165, 1.54) is 25.9 Å². The maximum atomic E-state index is 12.4. The maximum absolute atomic E-state index is 12.4. The Bertz CT molecular complexity index is 1700. The average Bonchev–Trinajstić information content (AvgIpc) is 3.50. The van der Waals surface area contributed by atoms with E-state index in [9.17, 15) is 4.79 Å². The number of ether oxygens (including phenoxy) is 2. The lowest BCUT2D eigenvalue weighted by molar-refractivity contribution is 0.0115. The number of benzene rings is 2. The number of piperidine rings is 1. The predicted molar refractivity (Wildman–Crippen MR) is 192 cm³/mol. The molecule has 1 amide bonds. The number of nitrogen functional groups attached to an aromatic ring is 1. The summed E-state index contributed by atoms with van der Waals surface area (Å²) in [5.41, 5.74) is 8.58. The van der Waals surface area contributed by atoms with Gasteiger partial charge in [-0.25, -0.2) is 19.4 Å². The van der Waals surface area contributed by atoms with Gasteiger partial charge in [0.05, 0.1) is 11.4 Å². The zero-order valence-corrected chi connectivity index (χ0v) is 29.1. The van der Waals surface area contributed by atoms with Crippen molar-refractivity contribution in [1.29, 1.82) is 0 Å². The van der Waals surface area contributed by atoms with E-state index in [-0.39, 0.29) is 12.1 Å². The van der Waals surface area contributed by atoms with E-state index >= 15 is 0 Å². The Balaban J connectivity index is 0.921. The summed E-state index contributed by atoms with van der Waals surface area (Å²) in [5, 5.41) is 5.95. The van der Waals surface area contributed by atoms with Crippen LogP contribution in [0.1, 0.15) is 65.3 Å². The van der Waals surface area contributed by atoms with Gasteiger partial charge in [0, 0.05) is 44.3 Å². The van der Waals surface area contributed by atoms with E-state index in [0.29, 0.717) is 11.9 Å². The molecule has 0 unspecified atom stereocenters. The van der Waals surface area contributed by atoms with E-state index in [2.05, 4.69) is 24.4 Å². The monoisotopic (exact) mass is 666 g/mol. The first kappa shape index (κ1) is 33.3. The van der Waals surface area contributed by atoms with Crippen molar-refractivity contribution in [3.05, 3.63) is 60.9 Å². The molecular weight excluding hydrogens is 616 g/mol. The fraction of sp³-hybridized carbons (Fsp3) is 0.526. The molecule has 2 N–H and O–H groups in total. The highest BCUT2D eigenvalue weighted by Crippen LogP contribution is 2.38. The lowest BCUT2D eigenvalue weighted by Gasteiger charge is -2.42. The number of piperazine rings is 1. The topological polar surface area (TPSA) is 115 Å². The van der Waals surface area contributed by atoms with Crippen LogP contribution in [0, 0.1) is 5.92 Å². The number of nitrogens with zero attached hydrogens (tertiary/aromatic N) is 7. The molecule has 0 radical (unpaired) electrons. The van der Waals surface area contributed by atoms with Crippen molar-refractivity contribution < 1.29 is 14.3 Å². The number of nitrogens with two attached hydrogens (primary N) is 1. The Morgan fingerprint density at radius 1 is 0.816 bits per heavy atom. The van der Waals surface area contributed by atoms with Gasteiger partial charge in [-0.3, -0.25) is 4.90 Å². The number of carbonyl (C=O) groups is 1. The number of carbonyl (C=O) groups excluding carboxylic acids is 1. The summed E-state index contributed by atoms with van der Waals surface area (Å²) in [6.07, 6.45) is 8.29. The van der Waals surface area contributed by atoms with Gasteiger partial charge in [-0.1, -0.05) is 18.2 Å². The summed E-state index contributed by atoms with van der Waals surface area (Å²) in [7, 11) is 0. The van der Waals surface area contributed by atoms with Gasteiger partial charge >= 0.3 is 6.09 Å². The molecule has 2 aromatic carbocycles. The van der Waals surface area contributed by atoms with Crippen molar-refractivity contribution in [3.63, 3.8) is 0 Å². The highest BCUT2D eigenvalue weighted by atomic mass is 16.6. The molecule has 4 heterocycles. The molecule has 3 fully saturated rings. The van der Waals surface area contributed by atoms with Crippen LogP contribution in [0.5, 0.6) is 11.5 Å². The fourth-order valence-electron chi connectivity index (χ4n) is 7.73. The number of hydrogen-bond acceptors (Lipinski definition) is 9. The molecule has 2 aromatic heterocycles. The van der Waals surface area contributed by atoms with Crippen LogP contribution in [0.3, 0.4) is 0 Å².